The first-order valence-corrected chi connectivity index (χ1v) is 7.41. The van der Waals surface area contributed by atoms with Gasteiger partial charge in [0.05, 0.1) is 6.04 Å². The summed E-state index contributed by atoms with van der Waals surface area (Å²) in [4.78, 5) is 13.8. The Morgan fingerprint density at radius 2 is 2.10 bits per heavy atom. The number of rotatable bonds is 9. The summed E-state index contributed by atoms with van der Waals surface area (Å²) < 4.78 is 5.43. The Morgan fingerprint density at radius 1 is 1.43 bits per heavy atom. The van der Waals surface area contributed by atoms with Crippen LogP contribution >= 0.6 is 0 Å². The Kier molecular flexibility index (Phi) is 7.54. The van der Waals surface area contributed by atoms with Crippen molar-refractivity contribution >= 4 is 5.91 Å². The molecule has 1 unspecified atom stereocenters. The van der Waals surface area contributed by atoms with Crippen LogP contribution < -0.4 is 10.5 Å². The van der Waals surface area contributed by atoms with Gasteiger partial charge in [0.25, 0.3) is 0 Å². The normalized spacial score (nSPS) is 11.8. The van der Waals surface area contributed by atoms with Gasteiger partial charge in [-0.2, -0.15) is 0 Å². The standard InChI is InChI=1S/C17H26N2O2/c1-4-6-7-16(18)17(20)19(3)13-14-8-10-15(11-9-14)21-12-5-2/h5,8-11,16H,2,4,6-7,12-13,18H2,1,3H3. The van der Waals surface area contributed by atoms with E-state index in [9.17, 15) is 4.79 Å². The molecule has 1 rings (SSSR count). The SMILES string of the molecule is C=CCOc1ccc(CN(C)C(=O)C(N)CCCC)cc1. The summed E-state index contributed by atoms with van der Waals surface area (Å²) in [7, 11) is 1.79. The van der Waals surface area contributed by atoms with E-state index in [1.165, 1.54) is 0 Å². The zero-order valence-electron chi connectivity index (χ0n) is 13.0. The molecule has 1 amide bonds. The van der Waals surface area contributed by atoms with Gasteiger partial charge in [-0.15, -0.1) is 0 Å². The van der Waals surface area contributed by atoms with Crippen LogP contribution in [0.5, 0.6) is 5.75 Å². The van der Waals surface area contributed by atoms with Crippen molar-refractivity contribution in [2.24, 2.45) is 5.73 Å². The summed E-state index contributed by atoms with van der Waals surface area (Å²) >= 11 is 0. The van der Waals surface area contributed by atoms with E-state index in [1.54, 1.807) is 18.0 Å². The highest BCUT2D eigenvalue weighted by atomic mass is 16.5. The number of carbonyl (C=O) groups is 1. The van der Waals surface area contributed by atoms with Crippen LogP contribution in [0.25, 0.3) is 0 Å². The number of likely N-dealkylation sites (N-methyl/N-ethyl adjacent to an activating group) is 1. The Balaban J connectivity index is 2.51. The van der Waals surface area contributed by atoms with Crippen molar-refractivity contribution in [2.75, 3.05) is 13.7 Å². The summed E-state index contributed by atoms with van der Waals surface area (Å²) in [6, 6.07) is 7.31. The summed E-state index contributed by atoms with van der Waals surface area (Å²) in [5.41, 5.74) is 6.97. The predicted octanol–water partition coefficient (Wildman–Crippen LogP) is 2.73. The van der Waals surface area contributed by atoms with E-state index in [4.69, 9.17) is 10.5 Å². The zero-order valence-corrected chi connectivity index (χ0v) is 13.0. The topological polar surface area (TPSA) is 55.6 Å². The van der Waals surface area contributed by atoms with E-state index < -0.39 is 6.04 Å². The molecule has 0 radical (unpaired) electrons. The molecule has 1 atom stereocenters. The van der Waals surface area contributed by atoms with Gasteiger partial charge >= 0.3 is 0 Å². The van der Waals surface area contributed by atoms with E-state index in [1.807, 2.05) is 24.3 Å². The number of nitrogens with two attached hydrogens (primary N) is 1. The van der Waals surface area contributed by atoms with E-state index in [2.05, 4.69) is 13.5 Å². The fourth-order valence-corrected chi connectivity index (χ4v) is 2.03. The van der Waals surface area contributed by atoms with Crippen LogP contribution in [0.2, 0.25) is 0 Å². The van der Waals surface area contributed by atoms with Crippen LogP contribution in [-0.4, -0.2) is 30.5 Å². The summed E-state index contributed by atoms with van der Waals surface area (Å²) in [6.45, 7) is 6.75. The van der Waals surface area contributed by atoms with Crippen molar-refractivity contribution in [3.05, 3.63) is 42.5 Å². The molecule has 0 aromatic heterocycles. The Bertz CT molecular complexity index is 443. The molecule has 0 spiro atoms. The van der Waals surface area contributed by atoms with Crippen LogP contribution in [0, 0.1) is 0 Å². The van der Waals surface area contributed by atoms with Crippen LogP contribution in [0.15, 0.2) is 36.9 Å². The summed E-state index contributed by atoms with van der Waals surface area (Å²) in [6.07, 6.45) is 4.49. The molecule has 4 heteroatoms. The maximum Gasteiger partial charge on any atom is 0.239 e. The van der Waals surface area contributed by atoms with Gasteiger partial charge in [0.1, 0.15) is 12.4 Å². The van der Waals surface area contributed by atoms with Crippen molar-refractivity contribution < 1.29 is 9.53 Å². The number of unbranched alkanes of at least 4 members (excludes halogenated alkanes) is 1. The highest BCUT2D eigenvalue weighted by Gasteiger charge is 2.17. The van der Waals surface area contributed by atoms with Crippen LogP contribution in [0.4, 0.5) is 0 Å². The lowest BCUT2D eigenvalue weighted by atomic mass is 10.1. The lowest BCUT2D eigenvalue weighted by Crippen LogP contribution is -2.41. The molecule has 116 valence electrons. The second-order valence-corrected chi connectivity index (χ2v) is 5.19. The first kappa shape index (κ1) is 17.2. The molecule has 0 bridgehead atoms. The van der Waals surface area contributed by atoms with Crippen molar-refractivity contribution in [1.29, 1.82) is 0 Å². The minimum absolute atomic E-state index is 0.00423. The van der Waals surface area contributed by atoms with E-state index >= 15 is 0 Å². The highest BCUT2D eigenvalue weighted by Crippen LogP contribution is 2.14. The molecule has 0 fully saturated rings. The average molecular weight is 290 g/mol. The number of carbonyl (C=O) groups excluding carboxylic acids is 1. The molecule has 0 aliphatic rings. The minimum atomic E-state index is -0.398. The molecule has 1 aromatic carbocycles. The molecule has 0 saturated carbocycles. The van der Waals surface area contributed by atoms with Crippen LogP contribution in [-0.2, 0) is 11.3 Å². The van der Waals surface area contributed by atoms with Gasteiger partial charge in [0.2, 0.25) is 5.91 Å². The van der Waals surface area contributed by atoms with E-state index in [0.29, 0.717) is 13.2 Å². The quantitative estimate of drug-likeness (QED) is 0.711. The molecule has 2 N–H and O–H groups in total. The lowest BCUT2D eigenvalue weighted by Gasteiger charge is -2.21. The van der Waals surface area contributed by atoms with Gasteiger partial charge in [-0.05, 0) is 24.1 Å². The van der Waals surface area contributed by atoms with Crippen molar-refractivity contribution in [3.8, 4) is 5.75 Å². The van der Waals surface area contributed by atoms with Gasteiger partial charge in [-0.25, -0.2) is 0 Å². The number of amides is 1. The van der Waals surface area contributed by atoms with Crippen molar-refractivity contribution in [3.63, 3.8) is 0 Å². The van der Waals surface area contributed by atoms with E-state index in [0.717, 1.165) is 30.6 Å². The Labute approximate surface area is 127 Å². The number of hydrogen-bond acceptors (Lipinski definition) is 3. The number of nitrogens with zero attached hydrogens (tertiary/aromatic N) is 1. The van der Waals surface area contributed by atoms with Gasteiger partial charge in [-0.3, -0.25) is 4.79 Å². The van der Waals surface area contributed by atoms with Gasteiger partial charge < -0.3 is 15.4 Å². The molecule has 4 nitrogen and oxygen atoms in total. The fraction of sp³-hybridized carbons (Fsp3) is 0.471. The van der Waals surface area contributed by atoms with Gasteiger partial charge in [-0.1, -0.05) is 44.6 Å². The van der Waals surface area contributed by atoms with Gasteiger partial charge in [0, 0.05) is 13.6 Å². The first-order chi connectivity index (χ1) is 10.1. The number of hydrogen-bond donors (Lipinski definition) is 1. The second-order valence-electron chi connectivity index (χ2n) is 5.19. The van der Waals surface area contributed by atoms with Crippen LogP contribution in [0.1, 0.15) is 31.7 Å². The maximum absolute atomic E-state index is 12.1. The second kappa shape index (κ2) is 9.19. The monoisotopic (exact) mass is 290 g/mol. The molecular weight excluding hydrogens is 264 g/mol. The highest BCUT2D eigenvalue weighted by molar-refractivity contribution is 5.81. The smallest absolute Gasteiger partial charge is 0.239 e. The third-order valence-electron chi connectivity index (χ3n) is 3.27. The molecular formula is C17H26N2O2. The van der Waals surface area contributed by atoms with E-state index in [-0.39, 0.29) is 5.91 Å². The third-order valence-corrected chi connectivity index (χ3v) is 3.27. The number of benzene rings is 1. The maximum atomic E-state index is 12.1. The third kappa shape index (κ3) is 6.00. The van der Waals surface area contributed by atoms with Crippen molar-refractivity contribution in [2.45, 2.75) is 38.8 Å². The largest absolute Gasteiger partial charge is 0.490 e. The predicted molar refractivity (Wildman–Crippen MR) is 86.1 cm³/mol. The zero-order chi connectivity index (χ0) is 15.7. The fourth-order valence-electron chi connectivity index (χ4n) is 2.03. The molecule has 0 aliphatic carbocycles. The Hall–Kier alpha value is -1.81. The molecule has 0 heterocycles. The lowest BCUT2D eigenvalue weighted by molar-refractivity contribution is -0.132. The average Bonchev–Trinajstić information content (AvgIpc) is 2.51. The van der Waals surface area contributed by atoms with Crippen molar-refractivity contribution in [1.82, 2.24) is 4.90 Å². The molecule has 21 heavy (non-hydrogen) atoms. The summed E-state index contributed by atoms with van der Waals surface area (Å²) in [5.74, 6) is 0.794. The molecule has 1 aromatic rings. The first-order valence-electron chi connectivity index (χ1n) is 7.41. The molecule has 0 aliphatic heterocycles. The summed E-state index contributed by atoms with van der Waals surface area (Å²) in [5, 5.41) is 0. The van der Waals surface area contributed by atoms with Gasteiger partial charge in [0.15, 0.2) is 0 Å². The number of ether oxygens (including phenoxy) is 1. The Morgan fingerprint density at radius 3 is 2.67 bits per heavy atom. The minimum Gasteiger partial charge on any atom is -0.490 e. The van der Waals surface area contributed by atoms with Crippen LogP contribution in [0.3, 0.4) is 0 Å². The molecule has 0 saturated heterocycles.